The van der Waals surface area contributed by atoms with Crippen LogP contribution in [0.3, 0.4) is 0 Å². The molecule has 5 rings (SSSR count). The molecule has 144 valence electrons. The van der Waals surface area contributed by atoms with Crippen LogP contribution in [0.1, 0.15) is 24.1 Å². The number of fused-ring (bicyclic) bond motifs is 1. The molecule has 0 atom stereocenters. The summed E-state index contributed by atoms with van der Waals surface area (Å²) in [4.78, 5) is 0. The van der Waals surface area contributed by atoms with E-state index < -0.39 is 0 Å². The molecule has 0 spiro atoms. The van der Waals surface area contributed by atoms with Crippen LogP contribution in [0.5, 0.6) is 0 Å². The van der Waals surface area contributed by atoms with E-state index in [-0.39, 0.29) is 12.4 Å². The number of benzene rings is 3. The van der Waals surface area contributed by atoms with Crippen LogP contribution in [0.2, 0.25) is 0 Å². The largest absolute Gasteiger partial charge is 1.00 e. The van der Waals surface area contributed by atoms with Crippen molar-refractivity contribution >= 4 is 0 Å². The minimum Gasteiger partial charge on any atom is -1.00 e. The Morgan fingerprint density at radius 1 is 0.586 bits per heavy atom. The Morgan fingerprint density at radius 2 is 1.14 bits per heavy atom. The highest BCUT2D eigenvalue weighted by Crippen LogP contribution is 2.34. The molecule has 0 unspecified atom stereocenters. The first-order chi connectivity index (χ1) is 13.9. The summed E-state index contributed by atoms with van der Waals surface area (Å²) in [6, 6.07) is 34.9. The Kier molecular flexibility index (Phi) is 5.78. The van der Waals surface area contributed by atoms with Crippen molar-refractivity contribution in [1.29, 1.82) is 0 Å². The highest BCUT2D eigenvalue weighted by atomic mass is 35.5. The minimum atomic E-state index is 0. The lowest BCUT2D eigenvalue weighted by Crippen LogP contribution is -3.00. The molecule has 1 aliphatic carbocycles. The predicted molar refractivity (Wildman–Crippen MR) is 115 cm³/mol. The molecule has 0 amide bonds. The van der Waals surface area contributed by atoms with E-state index >= 15 is 0 Å². The molecule has 2 heteroatoms. The van der Waals surface area contributed by atoms with Crippen LogP contribution >= 0.6 is 0 Å². The van der Waals surface area contributed by atoms with Crippen molar-refractivity contribution in [2.24, 2.45) is 0 Å². The molecular weight excluding hydrogens is 374 g/mol. The lowest BCUT2D eigenvalue weighted by atomic mass is 9.87. The van der Waals surface area contributed by atoms with Gasteiger partial charge in [0.1, 0.15) is 0 Å². The third kappa shape index (κ3) is 3.71. The Bertz CT molecular complexity index is 1090. The molecule has 0 saturated heterocycles. The maximum Gasteiger partial charge on any atom is 0.219 e. The molecule has 0 aliphatic heterocycles. The molecule has 1 heterocycles. The van der Waals surface area contributed by atoms with Gasteiger partial charge in [-0.25, -0.2) is 0 Å². The fraction of sp³-hybridized carbons (Fsp3) is 0.148. The second-order valence-corrected chi connectivity index (χ2v) is 7.48. The molecule has 1 aromatic heterocycles. The summed E-state index contributed by atoms with van der Waals surface area (Å²) in [6.07, 6.45) is 4.81. The first-order valence-corrected chi connectivity index (χ1v) is 10.2. The summed E-state index contributed by atoms with van der Waals surface area (Å²) >= 11 is 0. The average Bonchev–Trinajstić information content (AvgIpc) is 2.80. The van der Waals surface area contributed by atoms with Crippen LogP contribution in [0.15, 0.2) is 97.1 Å². The summed E-state index contributed by atoms with van der Waals surface area (Å²) in [6.45, 7) is 0. The van der Waals surface area contributed by atoms with E-state index in [2.05, 4.69) is 102 Å². The standard InChI is InChI=1S/C27H24N.ClH/c1-4-12-21(13-5-1)25-20-27(22-14-6-2-7-15-22)28(23-16-8-3-9-17-23)26-19-11-10-18-24(25)26;/h1-9,12-17,20H,10-11,18-19H2;1H/q+1;/p-1. The zero-order valence-corrected chi connectivity index (χ0v) is 17.1. The zero-order valence-electron chi connectivity index (χ0n) is 16.4. The molecule has 4 aromatic rings. The fourth-order valence-electron chi connectivity index (χ4n) is 4.43. The number of rotatable bonds is 3. The highest BCUT2D eigenvalue weighted by molar-refractivity contribution is 5.73. The van der Waals surface area contributed by atoms with E-state index in [0.29, 0.717) is 0 Å². The third-order valence-corrected chi connectivity index (χ3v) is 5.72. The predicted octanol–water partition coefficient (Wildman–Crippen LogP) is 3.18. The van der Waals surface area contributed by atoms with E-state index in [0.717, 1.165) is 12.8 Å². The van der Waals surface area contributed by atoms with Gasteiger partial charge in [-0.1, -0.05) is 66.7 Å². The highest BCUT2D eigenvalue weighted by Gasteiger charge is 2.29. The summed E-state index contributed by atoms with van der Waals surface area (Å²) in [5, 5.41) is 0. The van der Waals surface area contributed by atoms with Crippen LogP contribution in [-0.4, -0.2) is 0 Å². The van der Waals surface area contributed by atoms with Gasteiger partial charge in [-0.05, 0) is 42.5 Å². The lowest BCUT2D eigenvalue weighted by Gasteiger charge is -2.20. The molecule has 0 bridgehead atoms. The van der Waals surface area contributed by atoms with Crippen LogP contribution < -0.4 is 17.0 Å². The fourth-order valence-corrected chi connectivity index (χ4v) is 4.43. The summed E-state index contributed by atoms with van der Waals surface area (Å²) in [7, 11) is 0. The number of hydrogen-bond acceptors (Lipinski definition) is 0. The topological polar surface area (TPSA) is 3.88 Å². The van der Waals surface area contributed by atoms with Gasteiger partial charge in [0.2, 0.25) is 11.4 Å². The summed E-state index contributed by atoms with van der Waals surface area (Å²) in [5.41, 5.74) is 9.47. The molecule has 0 N–H and O–H groups in total. The van der Waals surface area contributed by atoms with Gasteiger partial charge in [0.15, 0.2) is 5.69 Å². The van der Waals surface area contributed by atoms with Crippen molar-refractivity contribution < 1.29 is 17.0 Å². The number of para-hydroxylation sites is 1. The summed E-state index contributed by atoms with van der Waals surface area (Å²) < 4.78 is 2.50. The molecular formula is C27H24ClN. The van der Waals surface area contributed by atoms with Gasteiger partial charge < -0.3 is 12.4 Å². The maximum absolute atomic E-state index is 2.50. The van der Waals surface area contributed by atoms with Crippen LogP contribution in [-0.2, 0) is 12.8 Å². The van der Waals surface area contributed by atoms with Gasteiger partial charge in [0, 0.05) is 35.7 Å². The monoisotopic (exact) mass is 397 g/mol. The average molecular weight is 398 g/mol. The van der Waals surface area contributed by atoms with Crippen LogP contribution in [0.25, 0.3) is 28.1 Å². The minimum absolute atomic E-state index is 0. The van der Waals surface area contributed by atoms with Crippen molar-refractivity contribution in [3.05, 3.63) is 108 Å². The molecule has 1 aliphatic rings. The van der Waals surface area contributed by atoms with E-state index in [1.807, 2.05) is 0 Å². The van der Waals surface area contributed by atoms with Gasteiger partial charge in [0.05, 0.1) is 0 Å². The van der Waals surface area contributed by atoms with Crippen LogP contribution in [0, 0.1) is 0 Å². The number of nitrogens with zero attached hydrogens (tertiary/aromatic N) is 1. The molecule has 29 heavy (non-hydrogen) atoms. The SMILES string of the molecule is [Cl-].c1ccc(-c2cc(-c3ccccc3)[n+](-c3ccccc3)c3c2CCCC3)cc1. The molecule has 0 radical (unpaired) electrons. The molecule has 0 saturated carbocycles. The van der Waals surface area contributed by atoms with Crippen molar-refractivity contribution in [3.63, 3.8) is 0 Å². The Hall–Kier alpha value is -2.90. The third-order valence-electron chi connectivity index (χ3n) is 5.72. The van der Waals surface area contributed by atoms with Crippen molar-refractivity contribution in [3.8, 4) is 28.1 Å². The van der Waals surface area contributed by atoms with Gasteiger partial charge in [-0.15, -0.1) is 0 Å². The van der Waals surface area contributed by atoms with Gasteiger partial charge in [-0.3, -0.25) is 0 Å². The van der Waals surface area contributed by atoms with E-state index in [9.17, 15) is 0 Å². The second-order valence-electron chi connectivity index (χ2n) is 7.48. The first kappa shape index (κ1) is 19.4. The smallest absolute Gasteiger partial charge is 0.219 e. The summed E-state index contributed by atoms with van der Waals surface area (Å²) in [5.74, 6) is 0. The molecule has 0 fully saturated rings. The van der Waals surface area contributed by atoms with Crippen molar-refractivity contribution in [2.45, 2.75) is 25.7 Å². The molecule has 1 nitrogen and oxygen atoms in total. The second kappa shape index (κ2) is 8.63. The Labute approximate surface area is 179 Å². The number of pyridine rings is 1. The Balaban J connectivity index is 0.00000205. The Morgan fingerprint density at radius 3 is 1.79 bits per heavy atom. The lowest BCUT2D eigenvalue weighted by molar-refractivity contribution is -0.593. The maximum atomic E-state index is 2.50. The van der Waals surface area contributed by atoms with Crippen LogP contribution in [0.4, 0.5) is 0 Å². The van der Waals surface area contributed by atoms with E-state index in [1.54, 1.807) is 0 Å². The van der Waals surface area contributed by atoms with Crippen molar-refractivity contribution in [1.82, 2.24) is 0 Å². The number of hydrogen-bond donors (Lipinski definition) is 0. The van der Waals surface area contributed by atoms with Crippen molar-refractivity contribution in [2.75, 3.05) is 0 Å². The zero-order chi connectivity index (χ0) is 18.8. The van der Waals surface area contributed by atoms with Gasteiger partial charge in [0.25, 0.3) is 0 Å². The number of halogens is 1. The van der Waals surface area contributed by atoms with E-state index in [4.69, 9.17) is 0 Å². The van der Waals surface area contributed by atoms with Gasteiger partial charge >= 0.3 is 0 Å². The first-order valence-electron chi connectivity index (χ1n) is 10.2. The molecule has 3 aromatic carbocycles. The van der Waals surface area contributed by atoms with Gasteiger partial charge in [-0.2, -0.15) is 4.57 Å². The normalized spacial score (nSPS) is 12.7. The quantitative estimate of drug-likeness (QED) is 0.467. The van der Waals surface area contributed by atoms with E-state index in [1.165, 1.54) is 52.2 Å². The number of aromatic nitrogens is 1.